The molecular weight excluding hydrogens is 386 g/mol. The third-order valence-electron chi connectivity index (χ3n) is 4.41. The lowest BCUT2D eigenvalue weighted by Crippen LogP contribution is -2.19. The number of carbonyl (C=O) groups is 1. The Labute approximate surface area is 174 Å². The fourth-order valence-electron chi connectivity index (χ4n) is 2.83. The van der Waals surface area contributed by atoms with Crippen molar-refractivity contribution in [3.8, 4) is 21.9 Å². The van der Waals surface area contributed by atoms with Gasteiger partial charge in [0.05, 0.1) is 25.6 Å². The summed E-state index contributed by atoms with van der Waals surface area (Å²) in [4.78, 5) is 13.9. The van der Waals surface area contributed by atoms with E-state index in [9.17, 15) is 4.79 Å². The Morgan fingerprint density at radius 1 is 1.07 bits per heavy atom. The van der Waals surface area contributed by atoms with Gasteiger partial charge in [-0.15, -0.1) is 11.3 Å². The van der Waals surface area contributed by atoms with E-state index >= 15 is 0 Å². The van der Waals surface area contributed by atoms with Crippen LogP contribution in [-0.4, -0.2) is 25.8 Å². The van der Waals surface area contributed by atoms with Crippen LogP contribution in [0.25, 0.3) is 10.4 Å². The largest absolute Gasteiger partial charge is 0.497 e. The van der Waals surface area contributed by atoms with Gasteiger partial charge >= 0.3 is 0 Å². The SMILES string of the molecule is COc1ccc(-c2cc(N)c(C(=O)N/N=C(/C)c3cc(C)ccc3OC)s2)cc1. The van der Waals surface area contributed by atoms with E-state index in [0.717, 1.165) is 27.3 Å². The number of hydrogen-bond acceptors (Lipinski definition) is 6. The maximum absolute atomic E-state index is 12.6. The molecule has 0 spiro atoms. The molecule has 1 amide bonds. The number of rotatable bonds is 6. The number of methoxy groups -OCH3 is 2. The standard InChI is InChI=1S/C22H23N3O3S/c1-13-5-10-19(28-4)17(11-13)14(2)24-25-22(26)21-18(23)12-20(29-21)15-6-8-16(27-3)9-7-15/h5-12H,23H2,1-4H3,(H,25,26)/b24-14-. The second-order valence-corrected chi connectivity index (χ2v) is 7.52. The van der Waals surface area contributed by atoms with Crippen molar-refractivity contribution < 1.29 is 14.3 Å². The summed E-state index contributed by atoms with van der Waals surface area (Å²) in [5, 5.41) is 4.24. The number of amides is 1. The van der Waals surface area contributed by atoms with Crippen LogP contribution < -0.4 is 20.6 Å². The molecule has 0 bridgehead atoms. The number of benzene rings is 2. The topological polar surface area (TPSA) is 85.9 Å². The van der Waals surface area contributed by atoms with Crippen molar-refractivity contribution >= 4 is 28.6 Å². The Morgan fingerprint density at radius 3 is 2.45 bits per heavy atom. The lowest BCUT2D eigenvalue weighted by atomic mass is 10.1. The fourth-order valence-corrected chi connectivity index (χ4v) is 3.81. The van der Waals surface area contributed by atoms with Gasteiger partial charge < -0.3 is 15.2 Å². The molecule has 1 heterocycles. The summed E-state index contributed by atoms with van der Waals surface area (Å²) >= 11 is 1.32. The molecule has 0 saturated carbocycles. The molecule has 0 unspecified atom stereocenters. The van der Waals surface area contributed by atoms with Crippen LogP contribution in [0, 0.1) is 6.92 Å². The normalized spacial score (nSPS) is 11.2. The zero-order valence-corrected chi connectivity index (χ0v) is 17.6. The average molecular weight is 410 g/mol. The van der Waals surface area contributed by atoms with Gasteiger partial charge in [0.25, 0.3) is 5.91 Å². The number of carbonyl (C=O) groups excluding carboxylic acids is 1. The third-order valence-corrected chi connectivity index (χ3v) is 5.61. The van der Waals surface area contributed by atoms with Gasteiger partial charge in [0.2, 0.25) is 0 Å². The molecule has 3 rings (SSSR count). The highest BCUT2D eigenvalue weighted by atomic mass is 32.1. The smallest absolute Gasteiger partial charge is 0.283 e. The van der Waals surface area contributed by atoms with Gasteiger partial charge in [-0.25, -0.2) is 5.43 Å². The summed E-state index contributed by atoms with van der Waals surface area (Å²) in [5.41, 5.74) is 12.6. The highest BCUT2D eigenvalue weighted by Crippen LogP contribution is 2.34. The molecule has 150 valence electrons. The third kappa shape index (κ3) is 4.57. The van der Waals surface area contributed by atoms with E-state index in [1.165, 1.54) is 11.3 Å². The monoisotopic (exact) mass is 409 g/mol. The van der Waals surface area contributed by atoms with Crippen LogP contribution in [-0.2, 0) is 0 Å². The molecule has 0 radical (unpaired) electrons. The minimum atomic E-state index is -0.349. The molecule has 7 heteroatoms. The molecule has 6 nitrogen and oxygen atoms in total. The number of nitrogens with zero attached hydrogens (tertiary/aromatic N) is 1. The van der Waals surface area contributed by atoms with Crippen LogP contribution in [0.1, 0.15) is 27.7 Å². The van der Waals surface area contributed by atoms with Crippen LogP contribution in [0.3, 0.4) is 0 Å². The lowest BCUT2D eigenvalue weighted by Gasteiger charge is -2.09. The van der Waals surface area contributed by atoms with Crippen molar-refractivity contribution in [1.29, 1.82) is 0 Å². The Hall–Kier alpha value is -3.32. The maximum Gasteiger partial charge on any atom is 0.283 e. The summed E-state index contributed by atoms with van der Waals surface area (Å²) < 4.78 is 10.6. The van der Waals surface area contributed by atoms with E-state index in [1.807, 2.05) is 56.3 Å². The Kier molecular flexibility index (Phi) is 6.19. The van der Waals surface area contributed by atoms with Gasteiger partial charge in [-0.05, 0) is 61.9 Å². The summed E-state index contributed by atoms with van der Waals surface area (Å²) in [7, 11) is 3.22. The molecule has 29 heavy (non-hydrogen) atoms. The molecule has 1 aromatic heterocycles. The quantitative estimate of drug-likeness (QED) is 0.464. The molecule has 3 N–H and O–H groups in total. The molecule has 2 aromatic carbocycles. The Bertz CT molecular complexity index is 1060. The van der Waals surface area contributed by atoms with Crippen molar-refractivity contribution in [1.82, 2.24) is 5.43 Å². The van der Waals surface area contributed by atoms with Gasteiger partial charge in [0, 0.05) is 10.4 Å². The summed E-state index contributed by atoms with van der Waals surface area (Å²) in [6.07, 6.45) is 0. The van der Waals surface area contributed by atoms with Crippen LogP contribution in [0.5, 0.6) is 11.5 Å². The van der Waals surface area contributed by atoms with Crippen LogP contribution in [0.2, 0.25) is 0 Å². The minimum Gasteiger partial charge on any atom is -0.497 e. The average Bonchev–Trinajstić information content (AvgIpc) is 3.13. The van der Waals surface area contributed by atoms with Gasteiger partial charge in [-0.2, -0.15) is 5.10 Å². The van der Waals surface area contributed by atoms with Crippen molar-refractivity contribution in [2.75, 3.05) is 20.0 Å². The molecule has 0 atom stereocenters. The fraction of sp³-hybridized carbons (Fsp3) is 0.182. The first-order chi connectivity index (χ1) is 13.9. The zero-order valence-electron chi connectivity index (χ0n) is 16.8. The van der Waals surface area contributed by atoms with E-state index < -0.39 is 0 Å². The Balaban J connectivity index is 1.80. The van der Waals surface area contributed by atoms with E-state index in [4.69, 9.17) is 15.2 Å². The van der Waals surface area contributed by atoms with E-state index in [1.54, 1.807) is 20.3 Å². The minimum absolute atomic E-state index is 0.349. The highest BCUT2D eigenvalue weighted by molar-refractivity contribution is 7.18. The Morgan fingerprint density at radius 2 is 1.79 bits per heavy atom. The van der Waals surface area contributed by atoms with E-state index in [0.29, 0.717) is 22.0 Å². The first kappa shape index (κ1) is 20.4. The van der Waals surface area contributed by atoms with E-state index in [-0.39, 0.29) is 5.91 Å². The number of nitrogens with two attached hydrogens (primary N) is 1. The first-order valence-corrected chi connectivity index (χ1v) is 9.78. The first-order valence-electron chi connectivity index (χ1n) is 8.96. The second-order valence-electron chi connectivity index (χ2n) is 6.47. The zero-order chi connectivity index (χ0) is 21.0. The molecule has 0 aliphatic rings. The predicted molar refractivity (Wildman–Crippen MR) is 118 cm³/mol. The lowest BCUT2D eigenvalue weighted by molar-refractivity contribution is 0.0959. The van der Waals surface area contributed by atoms with Crippen molar-refractivity contribution in [3.05, 3.63) is 64.5 Å². The number of nitrogens with one attached hydrogen (secondary N) is 1. The molecule has 0 saturated heterocycles. The molecule has 0 aliphatic carbocycles. The van der Waals surface area contributed by atoms with Crippen LogP contribution in [0.15, 0.2) is 53.6 Å². The molecule has 3 aromatic rings. The summed E-state index contributed by atoms with van der Waals surface area (Å²) in [6, 6.07) is 15.2. The van der Waals surface area contributed by atoms with Crippen LogP contribution in [0.4, 0.5) is 5.69 Å². The summed E-state index contributed by atoms with van der Waals surface area (Å²) in [6.45, 7) is 3.81. The number of ether oxygens (including phenoxy) is 2. The number of hydrogen-bond donors (Lipinski definition) is 2. The molecule has 0 aliphatic heterocycles. The van der Waals surface area contributed by atoms with E-state index in [2.05, 4.69) is 10.5 Å². The number of nitrogen functional groups attached to an aromatic ring is 1. The molecular formula is C22H23N3O3S. The second kappa shape index (κ2) is 8.79. The van der Waals surface area contributed by atoms with Gasteiger partial charge in [0.15, 0.2) is 0 Å². The summed E-state index contributed by atoms with van der Waals surface area (Å²) in [5.74, 6) is 1.12. The van der Waals surface area contributed by atoms with Crippen LogP contribution >= 0.6 is 11.3 Å². The number of thiophene rings is 1. The van der Waals surface area contributed by atoms with Gasteiger partial charge in [-0.3, -0.25) is 4.79 Å². The molecule has 0 fully saturated rings. The van der Waals surface area contributed by atoms with Crippen molar-refractivity contribution in [2.45, 2.75) is 13.8 Å². The van der Waals surface area contributed by atoms with Crippen molar-refractivity contribution in [3.63, 3.8) is 0 Å². The van der Waals surface area contributed by atoms with Gasteiger partial charge in [-0.1, -0.05) is 11.6 Å². The van der Waals surface area contributed by atoms with Crippen molar-refractivity contribution in [2.24, 2.45) is 5.10 Å². The predicted octanol–water partition coefficient (Wildman–Crippen LogP) is 4.48. The number of aryl methyl sites for hydroxylation is 1. The number of hydrazone groups is 1. The maximum atomic E-state index is 12.6. The highest BCUT2D eigenvalue weighted by Gasteiger charge is 2.16. The van der Waals surface area contributed by atoms with Gasteiger partial charge in [0.1, 0.15) is 16.4 Å². The number of anilines is 1.